The van der Waals surface area contributed by atoms with Crippen LogP contribution >= 0.6 is 11.8 Å². The van der Waals surface area contributed by atoms with Crippen molar-refractivity contribution < 1.29 is 9.59 Å². The van der Waals surface area contributed by atoms with Gasteiger partial charge in [0.05, 0.1) is 0 Å². The van der Waals surface area contributed by atoms with Crippen LogP contribution in [0, 0.1) is 17.8 Å². The van der Waals surface area contributed by atoms with E-state index in [2.05, 4.69) is 46.0 Å². The highest BCUT2D eigenvalue weighted by molar-refractivity contribution is 7.99. The molecule has 0 aromatic rings. The van der Waals surface area contributed by atoms with Crippen LogP contribution < -0.4 is 5.32 Å². The number of nitrogens with one attached hydrogen (secondary N) is 1. The molecule has 0 rings (SSSR count). The first-order valence-corrected chi connectivity index (χ1v) is 13.9. The molecule has 0 saturated heterocycles. The summed E-state index contributed by atoms with van der Waals surface area (Å²) in [4.78, 5) is 21.9. The van der Waals surface area contributed by atoms with Gasteiger partial charge in [0.2, 0.25) is 5.91 Å². The quantitative estimate of drug-likeness (QED) is 0.117. The van der Waals surface area contributed by atoms with Crippen LogP contribution in [-0.4, -0.2) is 29.7 Å². The minimum absolute atomic E-state index is 0.0263. The number of thioether (sulfide) groups is 1. The van der Waals surface area contributed by atoms with Crippen molar-refractivity contribution in [2.75, 3.05) is 11.5 Å². The number of rotatable bonds is 20. The fourth-order valence-corrected chi connectivity index (χ4v) is 4.81. The SMILES string of the molecule is C/C(=C\CSCC(C)NC(=O)CCC=O)CCCC(C)CCCC(C)CCCC(C)C. The van der Waals surface area contributed by atoms with Gasteiger partial charge in [-0.1, -0.05) is 84.3 Å². The normalized spacial score (nSPS) is 15.0. The Balaban J connectivity index is 3.73. The van der Waals surface area contributed by atoms with Crippen molar-refractivity contribution in [3.05, 3.63) is 11.6 Å². The van der Waals surface area contributed by atoms with Gasteiger partial charge in [-0.15, -0.1) is 0 Å². The first-order chi connectivity index (χ1) is 14.7. The van der Waals surface area contributed by atoms with E-state index in [4.69, 9.17) is 0 Å². The molecule has 0 spiro atoms. The lowest BCUT2D eigenvalue weighted by atomic mass is 9.91. The Labute approximate surface area is 198 Å². The number of allylic oxidation sites excluding steroid dienone is 1. The number of hydrogen-bond acceptors (Lipinski definition) is 3. The Bertz CT molecular complexity index is 490. The van der Waals surface area contributed by atoms with Gasteiger partial charge in [-0.3, -0.25) is 4.79 Å². The molecule has 3 atom stereocenters. The first kappa shape index (κ1) is 30.2. The highest BCUT2D eigenvalue weighted by Crippen LogP contribution is 2.22. The average molecular weight is 454 g/mol. The summed E-state index contributed by atoms with van der Waals surface area (Å²) in [5, 5.41) is 2.95. The molecule has 0 saturated carbocycles. The van der Waals surface area contributed by atoms with Gasteiger partial charge in [0.25, 0.3) is 0 Å². The van der Waals surface area contributed by atoms with Crippen LogP contribution in [0.3, 0.4) is 0 Å². The van der Waals surface area contributed by atoms with Crippen molar-refractivity contribution in [2.45, 2.75) is 118 Å². The number of carbonyl (C=O) groups excluding carboxylic acids is 2. The molecule has 31 heavy (non-hydrogen) atoms. The summed E-state index contributed by atoms with van der Waals surface area (Å²) in [6.07, 6.45) is 15.9. The summed E-state index contributed by atoms with van der Waals surface area (Å²) in [5.74, 6) is 4.46. The zero-order valence-electron chi connectivity index (χ0n) is 21.4. The van der Waals surface area contributed by atoms with Gasteiger partial charge in [-0.05, 0) is 44.4 Å². The molecule has 0 heterocycles. The van der Waals surface area contributed by atoms with E-state index in [1.807, 2.05) is 18.7 Å². The van der Waals surface area contributed by atoms with E-state index in [-0.39, 0.29) is 11.9 Å². The monoisotopic (exact) mass is 453 g/mol. The summed E-state index contributed by atoms with van der Waals surface area (Å²) < 4.78 is 0. The maximum Gasteiger partial charge on any atom is 0.220 e. The van der Waals surface area contributed by atoms with E-state index >= 15 is 0 Å². The standard InChI is InChI=1S/C27H51NO2S/c1-22(2)11-7-12-23(3)13-8-14-24(4)15-9-16-25(5)18-20-31-21-26(6)28-27(30)17-10-19-29/h18-19,22-24,26H,7-17,20-21H2,1-6H3,(H,28,30)/b25-18+. The first-order valence-electron chi connectivity index (χ1n) is 12.7. The average Bonchev–Trinajstić information content (AvgIpc) is 2.69. The van der Waals surface area contributed by atoms with Crippen LogP contribution in [0.2, 0.25) is 0 Å². The number of aldehydes is 1. The minimum Gasteiger partial charge on any atom is -0.353 e. The van der Waals surface area contributed by atoms with E-state index in [0.29, 0.717) is 12.8 Å². The zero-order chi connectivity index (χ0) is 23.5. The van der Waals surface area contributed by atoms with E-state index in [9.17, 15) is 9.59 Å². The van der Waals surface area contributed by atoms with E-state index in [1.54, 1.807) is 0 Å². The van der Waals surface area contributed by atoms with Crippen LogP contribution in [0.1, 0.15) is 112 Å². The molecule has 0 aliphatic heterocycles. The van der Waals surface area contributed by atoms with Crippen LogP contribution in [0.25, 0.3) is 0 Å². The van der Waals surface area contributed by atoms with Crippen molar-refractivity contribution in [3.8, 4) is 0 Å². The van der Waals surface area contributed by atoms with Crippen molar-refractivity contribution in [1.29, 1.82) is 0 Å². The van der Waals surface area contributed by atoms with Crippen LogP contribution in [-0.2, 0) is 9.59 Å². The van der Waals surface area contributed by atoms with Crippen LogP contribution in [0.5, 0.6) is 0 Å². The van der Waals surface area contributed by atoms with Gasteiger partial charge in [0.15, 0.2) is 0 Å². The van der Waals surface area contributed by atoms with Crippen LogP contribution in [0.15, 0.2) is 11.6 Å². The number of carbonyl (C=O) groups is 2. The van der Waals surface area contributed by atoms with Crippen molar-refractivity contribution >= 4 is 24.0 Å². The Morgan fingerprint density at radius 2 is 1.45 bits per heavy atom. The minimum atomic E-state index is -0.0263. The molecule has 0 bridgehead atoms. The van der Waals surface area contributed by atoms with Gasteiger partial charge < -0.3 is 10.1 Å². The molecule has 3 nitrogen and oxygen atoms in total. The summed E-state index contributed by atoms with van der Waals surface area (Å²) in [6, 6.07) is 0.150. The summed E-state index contributed by atoms with van der Waals surface area (Å²) in [6.45, 7) is 13.8. The number of hydrogen-bond donors (Lipinski definition) is 1. The molecule has 0 fully saturated rings. The molecule has 0 radical (unpaired) electrons. The van der Waals surface area contributed by atoms with Gasteiger partial charge in [0, 0.05) is 30.4 Å². The fraction of sp³-hybridized carbons (Fsp3) is 0.852. The van der Waals surface area contributed by atoms with Crippen molar-refractivity contribution in [2.24, 2.45) is 17.8 Å². The van der Waals surface area contributed by atoms with E-state index in [0.717, 1.165) is 35.5 Å². The predicted octanol–water partition coefficient (Wildman–Crippen LogP) is 7.59. The third-order valence-electron chi connectivity index (χ3n) is 5.95. The maximum atomic E-state index is 11.6. The summed E-state index contributed by atoms with van der Waals surface area (Å²) in [7, 11) is 0. The molecule has 1 amide bonds. The van der Waals surface area contributed by atoms with Crippen LogP contribution in [0.4, 0.5) is 0 Å². The van der Waals surface area contributed by atoms with E-state index in [1.165, 1.54) is 63.4 Å². The Hall–Kier alpha value is -0.770. The Kier molecular flexibility index (Phi) is 19.4. The molecule has 0 aromatic carbocycles. The summed E-state index contributed by atoms with van der Waals surface area (Å²) in [5.41, 5.74) is 1.49. The predicted molar refractivity (Wildman–Crippen MR) is 139 cm³/mol. The topological polar surface area (TPSA) is 46.2 Å². The molecule has 0 aliphatic rings. The second-order valence-electron chi connectivity index (χ2n) is 10.1. The van der Waals surface area contributed by atoms with Gasteiger partial charge in [-0.25, -0.2) is 0 Å². The van der Waals surface area contributed by atoms with Crippen molar-refractivity contribution in [1.82, 2.24) is 5.32 Å². The largest absolute Gasteiger partial charge is 0.353 e. The lowest BCUT2D eigenvalue weighted by Crippen LogP contribution is -2.34. The highest BCUT2D eigenvalue weighted by Gasteiger charge is 2.08. The second kappa shape index (κ2) is 19.9. The van der Waals surface area contributed by atoms with Gasteiger partial charge in [-0.2, -0.15) is 11.8 Å². The molecule has 1 N–H and O–H groups in total. The third kappa shape index (κ3) is 20.9. The highest BCUT2D eigenvalue weighted by atomic mass is 32.2. The molecule has 182 valence electrons. The summed E-state index contributed by atoms with van der Waals surface area (Å²) >= 11 is 1.86. The fourth-order valence-electron chi connectivity index (χ4n) is 3.83. The molecular weight excluding hydrogens is 402 g/mol. The lowest BCUT2D eigenvalue weighted by Gasteiger charge is -2.15. The maximum absolute atomic E-state index is 11.6. The van der Waals surface area contributed by atoms with E-state index < -0.39 is 0 Å². The molecule has 4 heteroatoms. The lowest BCUT2D eigenvalue weighted by molar-refractivity contribution is -0.123. The molecule has 0 aromatic heterocycles. The third-order valence-corrected chi connectivity index (χ3v) is 7.09. The number of amides is 1. The Morgan fingerprint density at radius 3 is 2.03 bits per heavy atom. The smallest absolute Gasteiger partial charge is 0.220 e. The molecule has 0 aliphatic carbocycles. The molecular formula is C27H51NO2S. The second-order valence-corrected chi connectivity index (χ2v) is 11.2. The van der Waals surface area contributed by atoms with Crippen molar-refractivity contribution in [3.63, 3.8) is 0 Å². The zero-order valence-corrected chi connectivity index (χ0v) is 22.2. The Morgan fingerprint density at radius 1 is 0.871 bits per heavy atom. The van der Waals surface area contributed by atoms with Gasteiger partial charge in [0.1, 0.15) is 6.29 Å². The van der Waals surface area contributed by atoms with Gasteiger partial charge >= 0.3 is 0 Å². The molecule has 3 unspecified atom stereocenters.